The minimum atomic E-state index is -1.38. The van der Waals surface area contributed by atoms with Gasteiger partial charge in [-0.25, -0.2) is 69.4 Å². The van der Waals surface area contributed by atoms with Crippen molar-refractivity contribution in [1.82, 2.24) is 75.5 Å². The smallest absolute Gasteiger partial charge is 0.411 e. The summed E-state index contributed by atoms with van der Waals surface area (Å²) < 4.78 is 130. The number of aryl methyl sites for hydroxylation is 2. The van der Waals surface area contributed by atoms with Crippen LogP contribution < -0.4 is 27.0 Å². The molecule has 0 spiro atoms. The van der Waals surface area contributed by atoms with Crippen LogP contribution >= 0.6 is 25.9 Å². The number of carboxylic acid groups (broad SMARTS) is 2. The van der Waals surface area contributed by atoms with Crippen LogP contribution in [-0.2, 0) is 145 Å². The summed E-state index contributed by atoms with van der Waals surface area (Å²) >= 11 is 24.2. The predicted octanol–water partition coefficient (Wildman–Crippen LogP) is 11.4. The second kappa shape index (κ2) is 63.7. The number of benzene rings is 2. The van der Waals surface area contributed by atoms with Crippen LogP contribution in [0.25, 0.3) is 44.1 Å². The van der Waals surface area contributed by atoms with Crippen LogP contribution in [0.4, 0.5) is 44.7 Å². The number of ether oxygens (including phenoxy) is 2. The van der Waals surface area contributed by atoms with E-state index in [-0.39, 0.29) is 189 Å². The topological polar surface area (TPSA) is 401 Å². The molecule has 0 aliphatic carbocycles. The maximum atomic E-state index is 14.3. The normalized spacial score (nSPS) is 17.0. The van der Waals surface area contributed by atoms with Crippen molar-refractivity contribution < 1.29 is 134 Å². The first-order valence-corrected chi connectivity index (χ1v) is 47.3. The van der Waals surface area contributed by atoms with Crippen molar-refractivity contribution in [3.05, 3.63) is 130 Å². The molecule has 8 atom stereocenters. The van der Waals surface area contributed by atoms with Crippen LogP contribution in [0.2, 0.25) is 0 Å². The molecule has 2 aromatic carbocycles. The number of carbonyl (C=O) groups excluding carboxylic acids is 8. The molecule has 8 N–H and O–H groups in total. The third kappa shape index (κ3) is 45.0. The van der Waals surface area contributed by atoms with E-state index >= 15 is 0 Å². The van der Waals surface area contributed by atoms with Gasteiger partial charge in [-0.1, -0.05) is 12.1 Å². The number of allylic oxidation sites excluding steroid dienone is 4. The van der Waals surface area contributed by atoms with E-state index < -0.39 is 114 Å². The van der Waals surface area contributed by atoms with Crippen LogP contribution in [0.3, 0.4) is 0 Å². The van der Waals surface area contributed by atoms with Gasteiger partial charge in [-0.2, -0.15) is 23.7 Å². The Morgan fingerprint density at radius 2 is 0.857 bits per heavy atom. The maximum absolute atomic E-state index is 14.3. The zero-order valence-electron chi connectivity index (χ0n) is 78.3. The molecule has 10 rings (SSSR count). The molecule has 30 nitrogen and oxygen atoms in total. The van der Waals surface area contributed by atoms with Crippen LogP contribution in [0.1, 0.15) is 169 Å². The number of halogens is 9. The van der Waals surface area contributed by atoms with Gasteiger partial charge >= 0.3 is 24.1 Å². The Kier molecular flexibility index (Phi) is 60.0. The number of carboxylic acids is 2. The largest absolute Gasteiger partial charge is 0.480 e. The minimum Gasteiger partial charge on any atom is -0.480 e. The average Bonchev–Trinajstić information content (AvgIpc) is 1.63. The molecule has 4 aromatic heterocycles. The first-order chi connectivity index (χ1) is 61.6. The molecule has 133 heavy (non-hydrogen) atoms. The van der Waals surface area contributed by atoms with Gasteiger partial charge < -0.3 is 51.6 Å². The molecule has 6 aromatic rings. The number of ketones is 2. The number of rotatable bonds is 19. The molecule has 0 bridgehead atoms. The second-order valence-electron chi connectivity index (χ2n) is 31.7. The number of alkyl halides is 4. The van der Waals surface area contributed by atoms with Crippen LogP contribution in [0, 0.1) is 45.0 Å². The summed E-state index contributed by atoms with van der Waals surface area (Å²) in [6.07, 6.45) is 0.0225. The number of amides is 6. The summed E-state index contributed by atoms with van der Waals surface area (Å²) in [5.41, 5.74) is 10.4. The molecule has 0 saturated carbocycles. The van der Waals surface area contributed by atoms with E-state index in [1.54, 1.807) is 154 Å². The Bertz CT molecular complexity index is 5220. The van der Waals surface area contributed by atoms with Gasteiger partial charge in [0.1, 0.15) is 113 Å². The van der Waals surface area contributed by atoms with Gasteiger partial charge in [0.25, 0.3) is 0 Å². The third-order valence-corrected chi connectivity index (χ3v) is 20.4. The number of hydrogen-bond donors (Lipinski definition) is 7. The van der Waals surface area contributed by atoms with Gasteiger partial charge in [0.05, 0.1) is 64.7 Å². The predicted molar refractivity (Wildman–Crippen MR) is 524 cm³/mol. The van der Waals surface area contributed by atoms with Crippen LogP contribution in [0.5, 0.6) is 0 Å². The Morgan fingerprint density at radius 1 is 0.534 bits per heavy atom. The maximum Gasteiger partial charge on any atom is 0.411 e. The van der Waals surface area contributed by atoms with E-state index in [1.165, 1.54) is 41.0 Å². The summed E-state index contributed by atoms with van der Waals surface area (Å²) in [4.78, 5) is 139. The molecular formula is C82H113BClF8N16O14S10U. The van der Waals surface area contributed by atoms with Gasteiger partial charge in [-0.15, -0.1) is 12.4 Å². The Labute approximate surface area is 847 Å². The zero-order valence-corrected chi connectivity index (χ0v) is 89.6. The van der Waals surface area contributed by atoms with E-state index in [4.69, 9.17) is 28.1 Å². The van der Waals surface area contributed by atoms with Gasteiger partial charge in [-0.3, -0.25) is 52.7 Å². The van der Waals surface area contributed by atoms with E-state index in [0.717, 1.165) is 45.8 Å². The quantitative estimate of drug-likeness (QED) is 0.0225. The fourth-order valence-electron chi connectivity index (χ4n) is 11.8. The number of aliphatic carboxylic acids is 2. The first-order valence-electron chi connectivity index (χ1n) is 40.5. The van der Waals surface area contributed by atoms with Crippen molar-refractivity contribution in [3.8, 4) is 22.3 Å². The molecule has 51 heteroatoms. The molecule has 4 aliphatic rings. The second-order valence-corrected chi connectivity index (χ2v) is 37.0. The Hall–Kier alpha value is -7.70. The molecule has 6 amide bonds. The number of carbonyl (C=O) groups is 10. The number of nitrogens with one attached hydrogen (secondary N) is 4. The van der Waals surface area contributed by atoms with Gasteiger partial charge in [0.2, 0.25) is 23.6 Å². The van der Waals surface area contributed by atoms with Crippen molar-refractivity contribution in [1.29, 1.82) is 2.67 Å². The van der Waals surface area contributed by atoms with Crippen molar-refractivity contribution in [3.63, 3.8) is 0 Å². The van der Waals surface area contributed by atoms with Gasteiger partial charge in [0.15, 0.2) is 11.6 Å². The minimum absolute atomic E-state index is 0. The van der Waals surface area contributed by atoms with E-state index in [1.807, 2.05) is 18.2 Å². The monoisotopic (exact) mass is 2310 g/mol. The van der Waals surface area contributed by atoms with Gasteiger partial charge in [-0.05, 0) is 171 Å². The number of nitrogens with zero attached hydrogens (tertiary/aromatic N) is 11. The van der Waals surface area contributed by atoms with Crippen LogP contribution in [0.15, 0.2) is 107 Å². The fraction of sp³-hybridized carbons (Fsp3) is 0.512. The van der Waals surface area contributed by atoms with Crippen LogP contribution in [-0.4, -0.2) is 247 Å². The Morgan fingerprint density at radius 3 is 1.15 bits per heavy atom. The van der Waals surface area contributed by atoms with E-state index in [9.17, 15) is 83.1 Å². The molecule has 0 unspecified atom stereocenters. The SMILES string of the molecule is CC(=O)c1nn(CC(=O)N2C[C@H](F)C[C@H]2C(=O)NCC(F)=C(C)C)c2ccc(-c3cnc(C)nc3)cc12.CC(=O)c1nn(CC(=O)O)c2ccc(-c3cnc(C)nc3)cc12.CC(C)(C)OC(=O)N1C[C@H](F)C[C@H]1C(=O)O.CC(C)=C(F)CN.CC(C)=C(F)CNC(=O)[C@@H]1C[C@@H](F)CN1.CC(C)=C(F)CNC(=O)[C@@H]1C[C@@H](F)CN1C(=O)OC(C)(C)C.Cl.S.S=S.S=S=S.S=S=S=S.[3H][B][3H].[U]. The molecule has 4 aliphatic heterocycles. The van der Waals surface area contributed by atoms with Crippen molar-refractivity contribution >= 4 is 209 Å². The number of likely N-dealkylation sites (tertiary alicyclic amines) is 3. The molecule has 8 heterocycles. The molecular weight excluding hydrogens is 2190 g/mol. The number of nitrogens with two attached hydrogens (primary N) is 1. The number of Topliss-reactive ketones (excluding diaryl/α,β-unsaturated/α-hetero) is 2. The summed E-state index contributed by atoms with van der Waals surface area (Å²) in [6, 6.07) is 7.06. The molecule has 4 saturated heterocycles. The number of hydrogen-bond acceptors (Lipinski definition) is 26. The van der Waals surface area contributed by atoms with Gasteiger partial charge in [0, 0.05) is 224 Å². The van der Waals surface area contributed by atoms with E-state index in [2.05, 4.69) is 119 Å². The van der Waals surface area contributed by atoms with Crippen molar-refractivity contribution in [2.24, 2.45) is 5.73 Å². The Balaban J connectivity index is -0.00000157. The number of fused-ring (bicyclic) bond motifs is 2. The molecule has 735 valence electrons. The van der Waals surface area contributed by atoms with Crippen molar-refractivity contribution in [2.75, 3.05) is 52.4 Å². The summed E-state index contributed by atoms with van der Waals surface area (Å²) in [6.45, 7) is 27.7. The van der Waals surface area contributed by atoms with Crippen molar-refractivity contribution in [2.45, 2.75) is 223 Å². The molecule has 4 fully saturated rings. The molecule has 1 radical (unpaired) electrons. The zero-order chi connectivity index (χ0) is 101. The average molecular weight is 2310 g/mol. The standard InChI is InChI=1S/C26H28F2N6O3.C16H14N4O3.C15H24F2N2O3.C10H16F2N2O.C10H16FNO4.C5H10FN.BH2.ClH.S4.S3.S2.H2S.U/c1-14(2)21(28)11-31-26(37)23-8-19(27)12-33(23)24(36)13-34-22-6-5-17(18-9-29-16(4)30-10-18)7-20(22)25(32-34)15(3)35;1-9(21)16-13-5-11(12-6-17-10(2)18-7-12)3-4-14(13)20(19-16)8-15(22)23;1-9(2)11(17)7-18-13(20)12-6-10(16)8-19(12)14(21)22-15(3,4)5;1-6(2)8(12)5-14-10(15)9-3-7(11)4-13-9;1-10(2,3)16-9(15)12-5-6(11)4-7(12)8(13)14;1-4(2)5(6)3-7;;;1-3-4-2;1-3-2;1-2;;/h5-7,9-10,19,23H,8,11-13H2,1-4H3,(H,31,37);3-7H,8H2,1-2H3,(H,22,23);10,12H,6-8H2,1-5H3,(H,18,20);7,9,13H,3-5H2,1-2H3,(H,14,15);6-7H,4-5H2,1-3H3,(H,13,14);3,7H2,1-2H3;1H2;1H;;;;1H2;/t19-,23+;;10-,12+;7-,9+;6-,7+;;;;;;;;/m1.111......../s1/i;;;;;;1T2;;;;;;. The fourth-order valence-corrected chi connectivity index (χ4v) is 11.8. The third-order valence-electron chi connectivity index (χ3n) is 18.2. The van der Waals surface area contributed by atoms with E-state index in [0.29, 0.717) is 64.1 Å². The number of aromatic nitrogens is 8. The first kappa shape index (κ1) is 125. The summed E-state index contributed by atoms with van der Waals surface area (Å²) in [7, 11) is 3.76. The summed E-state index contributed by atoms with van der Waals surface area (Å²) in [5.74, 6) is -4.97. The summed E-state index contributed by atoms with van der Waals surface area (Å²) in [5, 5.41) is 37.4.